The molecule has 0 amide bonds. The van der Waals surface area contributed by atoms with Crippen molar-refractivity contribution in [1.82, 2.24) is 4.98 Å². The minimum Gasteiger partial charge on any atom is -0.478 e. The molecule has 6 heteroatoms. The smallest absolute Gasteiger partial charge is 0.357 e. The molecule has 2 N–H and O–H groups in total. The van der Waals surface area contributed by atoms with Crippen molar-refractivity contribution in [3.05, 3.63) is 23.9 Å². The number of aromatic carboxylic acids is 1. The minimum absolute atomic E-state index is 0.0557. The Morgan fingerprint density at radius 3 is 2.62 bits per heavy atom. The van der Waals surface area contributed by atoms with Gasteiger partial charge < -0.3 is 14.6 Å². The van der Waals surface area contributed by atoms with E-state index in [9.17, 15) is 9.59 Å². The van der Waals surface area contributed by atoms with Crippen molar-refractivity contribution >= 4 is 18.0 Å². The van der Waals surface area contributed by atoms with Crippen LogP contribution in [0.5, 0.6) is 0 Å². The summed E-state index contributed by atoms with van der Waals surface area (Å²) in [7, 11) is 0. The van der Waals surface area contributed by atoms with Crippen LogP contribution in [0.15, 0.2) is 16.8 Å². The second-order valence-corrected chi connectivity index (χ2v) is 2.05. The first-order valence-corrected chi connectivity index (χ1v) is 3.19. The quantitative estimate of drug-likeness (QED) is 0.660. The summed E-state index contributed by atoms with van der Waals surface area (Å²) in [6.07, 6.45) is 2.80. The normalized spacial score (nSPS) is 10.5. The molecule has 0 spiro atoms. The average Bonchev–Trinajstić information content (AvgIpc) is 2.48. The molecule has 1 rings (SSSR count). The molecule has 0 atom stereocenters. The van der Waals surface area contributed by atoms with Crippen LogP contribution in [-0.4, -0.2) is 27.1 Å². The molecular formula is C7H5NO5. The number of carboxylic acid groups (broad SMARTS) is 2. The molecule has 6 nitrogen and oxygen atoms in total. The van der Waals surface area contributed by atoms with Crippen molar-refractivity contribution < 1.29 is 24.2 Å². The van der Waals surface area contributed by atoms with Gasteiger partial charge in [-0.2, -0.15) is 0 Å². The van der Waals surface area contributed by atoms with Gasteiger partial charge in [-0.25, -0.2) is 14.6 Å². The van der Waals surface area contributed by atoms with Crippen molar-refractivity contribution in [2.45, 2.75) is 0 Å². The van der Waals surface area contributed by atoms with Crippen LogP contribution < -0.4 is 0 Å². The Morgan fingerprint density at radius 1 is 1.46 bits per heavy atom. The van der Waals surface area contributed by atoms with Crippen LogP contribution in [0.4, 0.5) is 0 Å². The molecule has 0 unspecified atom stereocenters. The number of hydrogen-bond donors (Lipinski definition) is 2. The van der Waals surface area contributed by atoms with E-state index in [0.717, 1.165) is 18.4 Å². The second kappa shape index (κ2) is 3.53. The highest BCUT2D eigenvalue weighted by Crippen LogP contribution is 2.03. The third-order valence-corrected chi connectivity index (χ3v) is 1.11. The first kappa shape index (κ1) is 8.98. The van der Waals surface area contributed by atoms with Gasteiger partial charge in [-0.3, -0.25) is 0 Å². The van der Waals surface area contributed by atoms with Crippen LogP contribution in [0.3, 0.4) is 0 Å². The maximum atomic E-state index is 10.3. The van der Waals surface area contributed by atoms with Crippen molar-refractivity contribution in [3.8, 4) is 0 Å². The maximum absolute atomic E-state index is 10.3. The van der Waals surface area contributed by atoms with Gasteiger partial charge in [0, 0.05) is 12.2 Å². The molecule has 1 aromatic rings. The molecule has 13 heavy (non-hydrogen) atoms. The number of carboxylic acids is 2. The van der Waals surface area contributed by atoms with Gasteiger partial charge in [0.15, 0.2) is 5.69 Å². The predicted octanol–water partition coefficient (Wildman–Crippen LogP) is 0.471. The highest BCUT2D eigenvalue weighted by atomic mass is 16.4. The van der Waals surface area contributed by atoms with E-state index in [1.807, 2.05) is 0 Å². The summed E-state index contributed by atoms with van der Waals surface area (Å²) in [5.41, 5.74) is -0.259. The molecular weight excluding hydrogens is 178 g/mol. The molecule has 0 bridgehead atoms. The number of oxazole rings is 1. The van der Waals surface area contributed by atoms with E-state index in [4.69, 9.17) is 10.2 Å². The van der Waals surface area contributed by atoms with Gasteiger partial charge in [0.05, 0.1) is 0 Å². The van der Waals surface area contributed by atoms with E-state index in [1.165, 1.54) is 0 Å². The van der Waals surface area contributed by atoms with E-state index in [2.05, 4.69) is 9.40 Å². The molecule has 1 heterocycles. The molecule has 0 aliphatic carbocycles. The molecule has 68 valence electrons. The molecule has 0 aromatic carbocycles. The zero-order valence-electron chi connectivity index (χ0n) is 6.30. The SMILES string of the molecule is O=C(O)/C=C/c1nc(C(=O)O)co1. The van der Waals surface area contributed by atoms with Crippen molar-refractivity contribution in [3.63, 3.8) is 0 Å². The van der Waals surface area contributed by atoms with Crippen LogP contribution in [0.25, 0.3) is 6.08 Å². The van der Waals surface area contributed by atoms with Crippen LogP contribution in [0.2, 0.25) is 0 Å². The fraction of sp³-hybridized carbons (Fsp3) is 0. The van der Waals surface area contributed by atoms with Gasteiger partial charge >= 0.3 is 11.9 Å². The fourth-order valence-electron chi connectivity index (χ4n) is 0.605. The zero-order valence-corrected chi connectivity index (χ0v) is 6.30. The lowest BCUT2D eigenvalue weighted by atomic mass is 10.5. The van der Waals surface area contributed by atoms with Gasteiger partial charge in [-0.15, -0.1) is 0 Å². The lowest BCUT2D eigenvalue weighted by Gasteiger charge is -1.79. The summed E-state index contributed by atoms with van der Waals surface area (Å²) >= 11 is 0. The van der Waals surface area contributed by atoms with Gasteiger partial charge in [-0.05, 0) is 0 Å². The predicted molar refractivity (Wildman–Crippen MR) is 40.1 cm³/mol. The number of aliphatic carboxylic acids is 1. The van der Waals surface area contributed by atoms with Crippen LogP contribution in [0.1, 0.15) is 16.4 Å². The Labute approximate surface area is 72.1 Å². The summed E-state index contributed by atoms with van der Waals surface area (Å²) in [6.45, 7) is 0. The number of rotatable bonds is 3. The Morgan fingerprint density at radius 2 is 2.15 bits per heavy atom. The Kier molecular flexibility index (Phi) is 2.44. The summed E-state index contributed by atoms with van der Waals surface area (Å²) in [4.78, 5) is 23.8. The topological polar surface area (TPSA) is 101 Å². The molecule has 0 radical (unpaired) electrons. The highest BCUT2D eigenvalue weighted by Gasteiger charge is 2.07. The van der Waals surface area contributed by atoms with E-state index < -0.39 is 11.9 Å². The van der Waals surface area contributed by atoms with Gasteiger partial charge in [-0.1, -0.05) is 0 Å². The molecule has 0 fully saturated rings. The fourth-order valence-corrected chi connectivity index (χ4v) is 0.605. The van der Waals surface area contributed by atoms with Crippen LogP contribution in [0, 0.1) is 0 Å². The maximum Gasteiger partial charge on any atom is 0.357 e. The second-order valence-electron chi connectivity index (χ2n) is 2.05. The molecule has 0 aliphatic heterocycles. The molecule has 0 saturated heterocycles. The van der Waals surface area contributed by atoms with Crippen LogP contribution >= 0.6 is 0 Å². The number of aromatic nitrogens is 1. The monoisotopic (exact) mass is 183 g/mol. The lowest BCUT2D eigenvalue weighted by molar-refractivity contribution is -0.131. The summed E-state index contributed by atoms with van der Waals surface area (Å²) in [5.74, 6) is -2.44. The molecule has 0 aliphatic rings. The first-order valence-electron chi connectivity index (χ1n) is 3.19. The van der Waals surface area contributed by atoms with Crippen molar-refractivity contribution in [2.24, 2.45) is 0 Å². The van der Waals surface area contributed by atoms with Gasteiger partial charge in [0.1, 0.15) is 6.26 Å². The number of hydrogen-bond acceptors (Lipinski definition) is 4. The highest BCUT2D eigenvalue weighted by molar-refractivity contribution is 5.86. The summed E-state index contributed by atoms with van der Waals surface area (Å²) in [5, 5.41) is 16.6. The molecule has 1 aromatic heterocycles. The standard InChI is InChI=1S/C7H5NO5/c9-6(10)2-1-5-8-4(3-13-5)7(11)12/h1-3H,(H,9,10)(H,11,12)/b2-1+. The largest absolute Gasteiger partial charge is 0.478 e. The third kappa shape index (κ3) is 2.44. The number of nitrogens with zero attached hydrogens (tertiary/aromatic N) is 1. The zero-order chi connectivity index (χ0) is 9.84. The summed E-state index contributed by atoms with van der Waals surface area (Å²) in [6, 6.07) is 0. The van der Waals surface area contributed by atoms with Crippen molar-refractivity contribution in [1.29, 1.82) is 0 Å². The van der Waals surface area contributed by atoms with E-state index in [-0.39, 0.29) is 11.6 Å². The minimum atomic E-state index is -1.22. The first-order chi connectivity index (χ1) is 6.09. The van der Waals surface area contributed by atoms with E-state index in [0.29, 0.717) is 0 Å². The van der Waals surface area contributed by atoms with Gasteiger partial charge in [0.25, 0.3) is 0 Å². The Balaban J connectivity index is 2.80. The summed E-state index contributed by atoms with van der Waals surface area (Å²) < 4.78 is 4.63. The molecule has 0 saturated carbocycles. The Hall–Kier alpha value is -2.11. The van der Waals surface area contributed by atoms with E-state index in [1.54, 1.807) is 0 Å². The van der Waals surface area contributed by atoms with Crippen molar-refractivity contribution in [2.75, 3.05) is 0 Å². The average molecular weight is 183 g/mol. The third-order valence-electron chi connectivity index (χ3n) is 1.11. The lowest BCUT2D eigenvalue weighted by Crippen LogP contribution is -1.95. The van der Waals surface area contributed by atoms with E-state index >= 15 is 0 Å². The number of carbonyl (C=O) groups is 2. The van der Waals surface area contributed by atoms with Crippen LogP contribution in [-0.2, 0) is 4.79 Å². The Bertz CT molecular complexity index is 365. The van der Waals surface area contributed by atoms with Gasteiger partial charge in [0.2, 0.25) is 5.89 Å².